The fourth-order valence-corrected chi connectivity index (χ4v) is 0.900. The van der Waals surface area contributed by atoms with Gasteiger partial charge in [-0.05, 0) is 0 Å². The standard InChI is InChI=1S/C6H4Cl2O3/c1-10-3-2-4(9)11-5(3)6(7)8/h2H,1H3. The third-order valence-electron chi connectivity index (χ3n) is 1.07. The number of hydrogen-bond acceptors (Lipinski definition) is 3. The Hall–Kier alpha value is -0.670. The van der Waals surface area contributed by atoms with Crippen LogP contribution in [0.2, 0.25) is 0 Å². The van der Waals surface area contributed by atoms with E-state index in [9.17, 15) is 4.79 Å². The van der Waals surface area contributed by atoms with Gasteiger partial charge in [-0.3, -0.25) is 0 Å². The Bertz CT molecular complexity index is 251. The van der Waals surface area contributed by atoms with E-state index in [-0.39, 0.29) is 16.0 Å². The normalized spacial score (nSPS) is 16.1. The molecule has 0 saturated carbocycles. The van der Waals surface area contributed by atoms with E-state index in [1.54, 1.807) is 0 Å². The van der Waals surface area contributed by atoms with Crippen LogP contribution in [0.25, 0.3) is 0 Å². The predicted octanol–water partition coefficient (Wildman–Crippen LogP) is 1.72. The van der Waals surface area contributed by atoms with E-state index in [0.29, 0.717) is 0 Å². The van der Waals surface area contributed by atoms with E-state index >= 15 is 0 Å². The summed E-state index contributed by atoms with van der Waals surface area (Å²) >= 11 is 10.7. The van der Waals surface area contributed by atoms with Gasteiger partial charge in [-0.25, -0.2) is 4.79 Å². The summed E-state index contributed by atoms with van der Waals surface area (Å²) in [6, 6.07) is 0. The Labute approximate surface area is 73.2 Å². The van der Waals surface area contributed by atoms with Crippen molar-refractivity contribution < 1.29 is 14.3 Å². The molecule has 1 heterocycles. The molecule has 0 radical (unpaired) electrons. The molecule has 1 rings (SSSR count). The average molecular weight is 195 g/mol. The summed E-state index contributed by atoms with van der Waals surface area (Å²) in [6.07, 6.45) is 1.17. The third-order valence-corrected chi connectivity index (χ3v) is 1.41. The van der Waals surface area contributed by atoms with Crippen molar-refractivity contribution in [3.05, 3.63) is 22.1 Å². The molecule has 0 amide bonds. The fourth-order valence-electron chi connectivity index (χ4n) is 0.636. The van der Waals surface area contributed by atoms with Gasteiger partial charge in [0.1, 0.15) is 0 Å². The molecule has 0 atom stereocenters. The number of ether oxygens (including phenoxy) is 2. The molecule has 11 heavy (non-hydrogen) atoms. The molecule has 0 spiro atoms. The Morgan fingerprint density at radius 2 is 2.27 bits per heavy atom. The second kappa shape index (κ2) is 3.15. The van der Waals surface area contributed by atoms with Crippen LogP contribution in [0, 0.1) is 0 Å². The van der Waals surface area contributed by atoms with E-state index < -0.39 is 5.97 Å². The minimum atomic E-state index is -0.532. The van der Waals surface area contributed by atoms with Gasteiger partial charge in [-0.15, -0.1) is 0 Å². The molecule has 0 unspecified atom stereocenters. The molecule has 0 fully saturated rings. The van der Waals surface area contributed by atoms with Crippen LogP contribution >= 0.6 is 23.2 Å². The summed E-state index contributed by atoms with van der Waals surface area (Å²) in [7, 11) is 1.39. The van der Waals surface area contributed by atoms with Crippen LogP contribution in [-0.4, -0.2) is 13.1 Å². The van der Waals surface area contributed by atoms with Crippen molar-refractivity contribution in [3.8, 4) is 0 Å². The molecule has 0 aromatic rings. The molecule has 1 aliphatic rings. The number of hydrogen-bond donors (Lipinski definition) is 0. The highest BCUT2D eigenvalue weighted by atomic mass is 35.5. The first-order valence-electron chi connectivity index (χ1n) is 2.68. The van der Waals surface area contributed by atoms with Gasteiger partial charge in [0.05, 0.1) is 13.2 Å². The number of methoxy groups -OCH3 is 1. The van der Waals surface area contributed by atoms with E-state index in [1.165, 1.54) is 13.2 Å². The highest BCUT2D eigenvalue weighted by Crippen LogP contribution is 2.27. The zero-order chi connectivity index (χ0) is 8.43. The van der Waals surface area contributed by atoms with Crippen molar-refractivity contribution in [3.63, 3.8) is 0 Å². The van der Waals surface area contributed by atoms with E-state index in [1.807, 2.05) is 0 Å². The summed E-state index contributed by atoms with van der Waals surface area (Å²) in [5.74, 6) is -0.216. The van der Waals surface area contributed by atoms with Crippen LogP contribution in [0.1, 0.15) is 0 Å². The van der Waals surface area contributed by atoms with E-state index in [2.05, 4.69) is 4.74 Å². The molecule has 0 saturated heterocycles. The first-order chi connectivity index (χ1) is 5.15. The molecule has 5 heteroatoms. The largest absolute Gasteiger partial charge is 0.492 e. The lowest BCUT2D eigenvalue weighted by Gasteiger charge is -2.00. The molecule has 0 bridgehead atoms. The molecule has 1 aliphatic heterocycles. The van der Waals surface area contributed by atoms with Crippen molar-refractivity contribution in [2.75, 3.05) is 7.11 Å². The lowest BCUT2D eigenvalue weighted by Crippen LogP contribution is -1.92. The molecule has 0 aliphatic carbocycles. The van der Waals surface area contributed by atoms with Gasteiger partial charge in [0.2, 0.25) is 5.76 Å². The molecule has 0 aromatic carbocycles. The zero-order valence-corrected chi connectivity index (χ0v) is 7.07. The van der Waals surface area contributed by atoms with Crippen molar-refractivity contribution in [1.29, 1.82) is 0 Å². The summed E-state index contributed by atoms with van der Waals surface area (Å²) < 4.78 is 9.21. The van der Waals surface area contributed by atoms with Crippen molar-refractivity contribution >= 4 is 29.2 Å². The predicted molar refractivity (Wildman–Crippen MR) is 39.9 cm³/mol. The molecule has 0 aromatic heterocycles. The maximum absolute atomic E-state index is 10.6. The number of halogens is 2. The maximum atomic E-state index is 10.6. The van der Waals surface area contributed by atoms with Crippen LogP contribution in [0.5, 0.6) is 0 Å². The van der Waals surface area contributed by atoms with Crippen LogP contribution in [0.15, 0.2) is 22.1 Å². The Kier molecular flexibility index (Phi) is 2.42. The lowest BCUT2D eigenvalue weighted by molar-refractivity contribution is -0.132. The van der Waals surface area contributed by atoms with E-state index in [0.717, 1.165) is 0 Å². The SMILES string of the molecule is COC1=CC(=O)OC1=C(Cl)Cl. The lowest BCUT2D eigenvalue weighted by atomic mass is 10.4. The molecular weight excluding hydrogens is 191 g/mol. The van der Waals surface area contributed by atoms with Crippen molar-refractivity contribution in [2.24, 2.45) is 0 Å². The van der Waals surface area contributed by atoms with Crippen molar-refractivity contribution in [2.45, 2.75) is 0 Å². The molecule has 3 nitrogen and oxygen atoms in total. The summed E-state index contributed by atoms with van der Waals surface area (Å²) in [5.41, 5.74) is 0. The van der Waals surface area contributed by atoms with Gasteiger partial charge in [-0.1, -0.05) is 23.2 Å². The Morgan fingerprint density at radius 1 is 1.64 bits per heavy atom. The third kappa shape index (κ3) is 1.67. The number of carbonyl (C=O) groups excluding carboxylic acids is 1. The van der Waals surface area contributed by atoms with Crippen LogP contribution in [0.4, 0.5) is 0 Å². The summed E-state index contributed by atoms with van der Waals surface area (Å²) in [6.45, 7) is 0. The monoisotopic (exact) mass is 194 g/mol. The second-order valence-corrected chi connectivity index (χ2v) is 2.67. The van der Waals surface area contributed by atoms with Crippen molar-refractivity contribution in [1.82, 2.24) is 0 Å². The quantitative estimate of drug-likeness (QED) is 0.597. The second-order valence-electron chi connectivity index (χ2n) is 1.72. The number of cyclic esters (lactones) is 1. The summed E-state index contributed by atoms with van der Waals surface area (Å²) in [4.78, 5) is 10.6. The Balaban J connectivity index is 2.98. The molecular formula is C6H4Cl2O3. The summed E-state index contributed by atoms with van der Waals surface area (Å²) in [5, 5.41) is 0. The number of rotatable bonds is 1. The smallest absolute Gasteiger partial charge is 0.340 e. The fraction of sp³-hybridized carbons (Fsp3) is 0.167. The van der Waals surface area contributed by atoms with Gasteiger partial charge in [0.25, 0.3) is 0 Å². The van der Waals surface area contributed by atoms with Gasteiger partial charge >= 0.3 is 5.97 Å². The maximum Gasteiger partial charge on any atom is 0.340 e. The number of carbonyl (C=O) groups is 1. The molecule has 60 valence electrons. The topological polar surface area (TPSA) is 35.5 Å². The first kappa shape index (κ1) is 8.43. The molecule has 0 N–H and O–H groups in total. The Morgan fingerprint density at radius 3 is 2.64 bits per heavy atom. The van der Waals surface area contributed by atoms with Crippen LogP contribution in [-0.2, 0) is 14.3 Å². The van der Waals surface area contributed by atoms with E-state index in [4.69, 9.17) is 27.9 Å². The highest BCUT2D eigenvalue weighted by Gasteiger charge is 2.23. The first-order valence-corrected chi connectivity index (χ1v) is 3.44. The minimum absolute atomic E-state index is 0.0702. The van der Waals surface area contributed by atoms with Crippen LogP contribution in [0.3, 0.4) is 0 Å². The minimum Gasteiger partial charge on any atom is -0.492 e. The van der Waals surface area contributed by atoms with Gasteiger partial charge < -0.3 is 9.47 Å². The average Bonchev–Trinajstić information content (AvgIpc) is 2.30. The van der Waals surface area contributed by atoms with Gasteiger partial charge in [0, 0.05) is 0 Å². The van der Waals surface area contributed by atoms with Gasteiger partial charge in [0.15, 0.2) is 10.3 Å². The van der Waals surface area contributed by atoms with Gasteiger partial charge in [-0.2, -0.15) is 0 Å². The highest BCUT2D eigenvalue weighted by molar-refractivity contribution is 6.56. The zero-order valence-electron chi connectivity index (χ0n) is 5.56. The number of esters is 1. The van der Waals surface area contributed by atoms with Crippen LogP contribution < -0.4 is 0 Å².